The molecule has 1 fully saturated rings. The summed E-state index contributed by atoms with van der Waals surface area (Å²) in [5, 5.41) is 3.48. The van der Waals surface area contributed by atoms with Crippen LogP contribution >= 0.6 is 23.1 Å². The van der Waals surface area contributed by atoms with Crippen molar-refractivity contribution in [3.05, 3.63) is 48.0 Å². The average Bonchev–Trinajstić information content (AvgIpc) is 3.26. The summed E-state index contributed by atoms with van der Waals surface area (Å²) in [6.45, 7) is 2.40. The highest BCUT2D eigenvalue weighted by Crippen LogP contribution is 2.31. The third-order valence-corrected chi connectivity index (χ3v) is 6.37. The minimum atomic E-state index is -0.372. The Labute approximate surface area is 165 Å². The van der Waals surface area contributed by atoms with Gasteiger partial charge in [0.15, 0.2) is 5.13 Å². The predicted molar refractivity (Wildman–Crippen MR) is 112 cm³/mol. The molecule has 1 N–H and O–H groups in total. The minimum absolute atomic E-state index is 0.0199. The topological polar surface area (TPSA) is 62.3 Å². The number of carbonyl (C=O) groups excluding carboxylic acids is 2. The highest BCUT2D eigenvalue weighted by Gasteiger charge is 2.35. The van der Waals surface area contributed by atoms with Crippen LogP contribution in [0.2, 0.25) is 0 Å². The summed E-state index contributed by atoms with van der Waals surface area (Å²) in [7, 11) is 0. The molecule has 0 saturated carbocycles. The SMILES string of the molecule is CSc1cccc(N2C[C@H](C(=O)Nc3nc4c(C)cccc4s3)CC2=O)c1. The van der Waals surface area contributed by atoms with E-state index >= 15 is 0 Å². The number of fused-ring (bicyclic) bond motifs is 1. The predicted octanol–water partition coefficient (Wildman–Crippen LogP) is 4.32. The zero-order valence-electron chi connectivity index (χ0n) is 15.1. The van der Waals surface area contributed by atoms with E-state index in [-0.39, 0.29) is 24.2 Å². The Morgan fingerprint density at radius 3 is 2.89 bits per heavy atom. The molecule has 0 radical (unpaired) electrons. The van der Waals surface area contributed by atoms with Crippen LogP contribution in [-0.2, 0) is 9.59 Å². The van der Waals surface area contributed by atoms with Gasteiger partial charge in [0.05, 0.1) is 16.1 Å². The number of amides is 2. The van der Waals surface area contributed by atoms with E-state index in [1.54, 1.807) is 16.7 Å². The Kier molecular flexibility index (Phi) is 4.88. The number of thioether (sulfide) groups is 1. The van der Waals surface area contributed by atoms with Crippen molar-refractivity contribution >= 4 is 55.9 Å². The van der Waals surface area contributed by atoms with Crippen LogP contribution in [0.15, 0.2) is 47.4 Å². The molecule has 5 nitrogen and oxygen atoms in total. The lowest BCUT2D eigenvalue weighted by Crippen LogP contribution is -2.28. The summed E-state index contributed by atoms with van der Waals surface area (Å²) in [6.07, 6.45) is 2.22. The molecule has 1 aromatic heterocycles. The van der Waals surface area contributed by atoms with E-state index in [0.29, 0.717) is 11.7 Å². The summed E-state index contributed by atoms with van der Waals surface area (Å²) in [4.78, 5) is 32.5. The second-order valence-corrected chi connectivity index (χ2v) is 8.45. The molecule has 27 heavy (non-hydrogen) atoms. The van der Waals surface area contributed by atoms with Gasteiger partial charge in [0, 0.05) is 23.5 Å². The molecule has 7 heteroatoms. The molecule has 0 spiro atoms. The molecule has 1 atom stereocenters. The summed E-state index contributed by atoms with van der Waals surface area (Å²) in [5.41, 5.74) is 2.84. The first-order valence-corrected chi connectivity index (χ1v) is 10.7. The van der Waals surface area contributed by atoms with Crippen LogP contribution in [-0.4, -0.2) is 29.6 Å². The van der Waals surface area contributed by atoms with Crippen molar-refractivity contribution in [1.29, 1.82) is 0 Å². The van der Waals surface area contributed by atoms with Crippen LogP contribution in [0.5, 0.6) is 0 Å². The second-order valence-electron chi connectivity index (χ2n) is 6.54. The number of para-hydroxylation sites is 1. The van der Waals surface area contributed by atoms with Crippen LogP contribution in [0.3, 0.4) is 0 Å². The van der Waals surface area contributed by atoms with Crippen LogP contribution in [0.4, 0.5) is 10.8 Å². The van der Waals surface area contributed by atoms with Crippen molar-refractivity contribution in [2.24, 2.45) is 5.92 Å². The molecule has 0 aliphatic carbocycles. The molecule has 3 aromatic rings. The lowest BCUT2D eigenvalue weighted by atomic mass is 10.1. The lowest BCUT2D eigenvalue weighted by Gasteiger charge is -2.17. The van der Waals surface area contributed by atoms with E-state index in [0.717, 1.165) is 26.4 Å². The first-order valence-electron chi connectivity index (χ1n) is 8.66. The monoisotopic (exact) mass is 397 g/mol. The number of hydrogen-bond donors (Lipinski definition) is 1. The number of nitrogens with one attached hydrogen (secondary N) is 1. The maximum Gasteiger partial charge on any atom is 0.231 e. The Morgan fingerprint density at radius 2 is 2.11 bits per heavy atom. The van der Waals surface area contributed by atoms with Gasteiger partial charge in [-0.25, -0.2) is 4.98 Å². The molecule has 2 aromatic carbocycles. The number of benzene rings is 2. The van der Waals surface area contributed by atoms with Crippen LogP contribution < -0.4 is 10.2 Å². The van der Waals surface area contributed by atoms with Gasteiger partial charge >= 0.3 is 0 Å². The van der Waals surface area contributed by atoms with Gasteiger partial charge in [-0.2, -0.15) is 0 Å². The van der Waals surface area contributed by atoms with Crippen molar-refractivity contribution in [3.63, 3.8) is 0 Å². The standard InChI is InChI=1S/C20H19N3O2S2/c1-12-5-3-8-16-18(12)21-20(27-16)22-19(25)13-9-17(24)23(11-13)14-6-4-7-15(10-14)26-2/h3-8,10,13H,9,11H2,1-2H3,(H,21,22,25)/t13-/m1/s1. The fraction of sp³-hybridized carbons (Fsp3) is 0.250. The fourth-order valence-corrected chi connectivity index (χ4v) is 4.66. The number of nitrogens with zero attached hydrogens (tertiary/aromatic N) is 2. The van der Waals surface area contributed by atoms with Gasteiger partial charge in [0.25, 0.3) is 0 Å². The molecule has 1 saturated heterocycles. The zero-order chi connectivity index (χ0) is 19.0. The smallest absolute Gasteiger partial charge is 0.231 e. The van der Waals surface area contributed by atoms with Crippen LogP contribution in [0, 0.1) is 12.8 Å². The molecule has 2 heterocycles. The summed E-state index contributed by atoms with van der Waals surface area (Å²) in [5.74, 6) is -0.541. The largest absolute Gasteiger partial charge is 0.312 e. The van der Waals surface area contributed by atoms with Gasteiger partial charge in [0.2, 0.25) is 11.8 Å². The molecule has 4 rings (SSSR count). The number of aryl methyl sites for hydroxylation is 1. The van der Waals surface area contributed by atoms with E-state index < -0.39 is 0 Å². The molecular formula is C20H19N3O2S2. The number of carbonyl (C=O) groups is 2. The Bertz CT molecular complexity index is 1030. The zero-order valence-corrected chi connectivity index (χ0v) is 16.7. The molecule has 1 aliphatic rings. The van der Waals surface area contributed by atoms with E-state index in [2.05, 4.69) is 10.3 Å². The normalized spacial score (nSPS) is 16.9. The quantitative estimate of drug-likeness (QED) is 0.666. The number of hydrogen-bond acceptors (Lipinski definition) is 5. The van der Waals surface area contributed by atoms with Crippen molar-refractivity contribution in [2.45, 2.75) is 18.2 Å². The third-order valence-electron chi connectivity index (χ3n) is 4.71. The number of thiazole rings is 1. The van der Waals surface area contributed by atoms with E-state index in [1.165, 1.54) is 11.3 Å². The third kappa shape index (κ3) is 3.57. The maximum atomic E-state index is 12.7. The number of aromatic nitrogens is 1. The molecule has 0 bridgehead atoms. The van der Waals surface area contributed by atoms with Crippen LogP contribution in [0.25, 0.3) is 10.2 Å². The molecule has 138 valence electrons. The van der Waals surface area contributed by atoms with Crippen LogP contribution in [0.1, 0.15) is 12.0 Å². The Balaban J connectivity index is 1.49. The first-order chi connectivity index (χ1) is 13.0. The number of anilines is 2. The van der Waals surface area contributed by atoms with E-state index in [1.807, 2.05) is 55.6 Å². The van der Waals surface area contributed by atoms with Gasteiger partial charge in [-0.15, -0.1) is 11.8 Å². The minimum Gasteiger partial charge on any atom is -0.312 e. The molecule has 1 aliphatic heterocycles. The summed E-state index contributed by atoms with van der Waals surface area (Å²) in [6, 6.07) is 13.8. The first kappa shape index (κ1) is 18.0. The maximum absolute atomic E-state index is 12.7. The van der Waals surface area contributed by atoms with Gasteiger partial charge in [-0.05, 0) is 43.0 Å². The van der Waals surface area contributed by atoms with Crippen molar-refractivity contribution in [1.82, 2.24) is 4.98 Å². The van der Waals surface area contributed by atoms with Gasteiger partial charge in [-0.3, -0.25) is 9.59 Å². The summed E-state index contributed by atoms with van der Waals surface area (Å²) < 4.78 is 1.04. The molecule has 2 amide bonds. The average molecular weight is 398 g/mol. The molecule has 0 unspecified atom stereocenters. The van der Waals surface area contributed by atoms with E-state index in [9.17, 15) is 9.59 Å². The molecular weight excluding hydrogens is 378 g/mol. The van der Waals surface area contributed by atoms with Gasteiger partial charge < -0.3 is 10.2 Å². The van der Waals surface area contributed by atoms with Gasteiger partial charge in [0.1, 0.15) is 0 Å². The van der Waals surface area contributed by atoms with Crippen molar-refractivity contribution in [3.8, 4) is 0 Å². The lowest BCUT2D eigenvalue weighted by molar-refractivity contribution is -0.122. The van der Waals surface area contributed by atoms with Gasteiger partial charge in [-0.1, -0.05) is 29.5 Å². The van der Waals surface area contributed by atoms with E-state index in [4.69, 9.17) is 0 Å². The fourth-order valence-electron chi connectivity index (χ4n) is 3.26. The highest BCUT2D eigenvalue weighted by molar-refractivity contribution is 7.98. The van der Waals surface area contributed by atoms with Crippen molar-refractivity contribution in [2.75, 3.05) is 23.0 Å². The summed E-state index contributed by atoms with van der Waals surface area (Å²) >= 11 is 3.09. The van der Waals surface area contributed by atoms with Crippen molar-refractivity contribution < 1.29 is 9.59 Å². The number of rotatable bonds is 4. The Morgan fingerprint density at radius 1 is 1.30 bits per heavy atom. The Hall–Kier alpha value is -2.38. The highest BCUT2D eigenvalue weighted by atomic mass is 32.2. The second kappa shape index (κ2) is 7.32.